The second-order valence-corrected chi connectivity index (χ2v) is 9.07. The van der Waals surface area contributed by atoms with Crippen molar-refractivity contribution in [3.05, 3.63) is 93.8 Å². The first-order valence-electron chi connectivity index (χ1n) is 12.3. The third kappa shape index (κ3) is 7.19. The molecule has 40 heavy (non-hydrogen) atoms. The van der Waals surface area contributed by atoms with E-state index in [-0.39, 0.29) is 35.1 Å². The van der Waals surface area contributed by atoms with Gasteiger partial charge in [0.1, 0.15) is 0 Å². The van der Waals surface area contributed by atoms with E-state index in [0.29, 0.717) is 60.2 Å². The number of carbonyl (C=O) groups excluding carboxylic acids is 1. The number of fused-ring (bicyclic) bond motifs is 1. The van der Waals surface area contributed by atoms with E-state index in [1.165, 1.54) is 12.1 Å². The molecule has 1 amide bonds. The molecule has 0 bridgehead atoms. The Morgan fingerprint density at radius 3 is 2.05 bits per heavy atom. The summed E-state index contributed by atoms with van der Waals surface area (Å²) in [6, 6.07) is 14.5. The Balaban J connectivity index is 1.27. The van der Waals surface area contributed by atoms with E-state index in [2.05, 4.69) is 20.8 Å². The van der Waals surface area contributed by atoms with E-state index in [9.17, 15) is 35.9 Å². The molecule has 0 aliphatic heterocycles. The maximum Gasteiger partial charge on any atom is 0.416 e. The molecule has 0 spiro atoms. The van der Waals surface area contributed by atoms with Crippen molar-refractivity contribution in [1.82, 2.24) is 15.5 Å². The lowest BCUT2D eigenvalue weighted by Crippen LogP contribution is -2.26. The summed E-state index contributed by atoms with van der Waals surface area (Å²) in [5.74, 6) is 0.328. The first-order valence-corrected chi connectivity index (χ1v) is 12.3. The molecule has 6 nitrogen and oxygen atoms in total. The fraction of sp³-hybridized carbons (Fsp3) is 0.250. The van der Waals surface area contributed by atoms with Gasteiger partial charge in [-0.2, -0.15) is 31.4 Å². The van der Waals surface area contributed by atoms with Crippen molar-refractivity contribution >= 4 is 22.5 Å². The van der Waals surface area contributed by atoms with Crippen molar-refractivity contribution in [3.8, 4) is 11.1 Å². The van der Waals surface area contributed by atoms with Crippen LogP contribution in [0.1, 0.15) is 29.5 Å². The molecule has 1 aromatic heterocycles. The van der Waals surface area contributed by atoms with Gasteiger partial charge in [0, 0.05) is 24.9 Å². The van der Waals surface area contributed by atoms with Gasteiger partial charge < -0.3 is 10.6 Å². The topological polar surface area (TPSA) is 86.9 Å². The summed E-state index contributed by atoms with van der Waals surface area (Å²) in [6.07, 6.45) is -8.76. The number of aromatic amines is 1. The lowest BCUT2D eigenvalue weighted by Gasteiger charge is -2.14. The van der Waals surface area contributed by atoms with Crippen molar-refractivity contribution < 1.29 is 31.1 Å². The van der Waals surface area contributed by atoms with Crippen molar-refractivity contribution in [2.24, 2.45) is 0 Å². The molecular weight excluding hydrogens is 538 g/mol. The molecule has 0 unspecified atom stereocenters. The summed E-state index contributed by atoms with van der Waals surface area (Å²) in [5.41, 5.74) is -2.34. The number of rotatable bonds is 9. The van der Waals surface area contributed by atoms with Crippen LogP contribution in [0.25, 0.3) is 21.9 Å². The number of carbonyl (C=O) groups is 1. The Kier molecular flexibility index (Phi) is 8.46. The van der Waals surface area contributed by atoms with Gasteiger partial charge in [0.25, 0.3) is 5.56 Å². The predicted octanol–water partition coefficient (Wildman–Crippen LogP) is 6.18. The highest BCUT2D eigenvalue weighted by atomic mass is 19.4. The highest BCUT2D eigenvalue weighted by Gasteiger charge is 2.37. The summed E-state index contributed by atoms with van der Waals surface area (Å²) in [5, 5.41) is 13.6. The largest absolute Gasteiger partial charge is 0.416 e. The number of amides is 1. The Morgan fingerprint density at radius 1 is 0.800 bits per heavy atom. The monoisotopic (exact) mass is 562 g/mol. The fourth-order valence-electron chi connectivity index (χ4n) is 4.10. The van der Waals surface area contributed by atoms with Crippen LogP contribution in [0.3, 0.4) is 0 Å². The van der Waals surface area contributed by atoms with Crippen molar-refractivity contribution in [2.75, 3.05) is 18.4 Å². The van der Waals surface area contributed by atoms with Crippen LogP contribution in [0.15, 0.2) is 71.5 Å². The standard InChI is InChI=1S/C28H24F6N4O2/c29-27(30,31)20-14-19(15-21(16-20)28(32,33)34)18-9-6-17(7-10-18)8-11-24(39)35-12-3-13-36-25-22-4-1-2-5-23(22)26(40)38-37-25/h1-2,4-7,9-10,14-16H,3,8,11-13H2,(H,35,39)(H,36,37)(H,38,40). The van der Waals surface area contributed by atoms with Gasteiger partial charge >= 0.3 is 12.4 Å². The Labute approximate surface area is 224 Å². The van der Waals surface area contributed by atoms with Gasteiger partial charge in [-0.25, -0.2) is 5.10 Å². The minimum Gasteiger partial charge on any atom is -0.368 e. The van der Waals surface area contributed by atoms with Gasteiger partial charge in [0.05, 0.1) is 16.5 Å². The Bertz CT molecular complexity index is 1510. The second-order valence-electron chi connectivity index (χ2n) is 9.07. The average molecular weight is 563 g/mol. The lowest BCUT2D eigenvalue weighted by molar-refractivity contribution is -0.143. The second kappa shape index (κ2) is 11.8. The van der Waals surface area contributed by atoms with Gasteiger partial charge in [0.2, 0.25) is 5.91 Å². The summed E-state index contributed by atoms with van der Waals surface area (Å²) < 4.78 is 78.9. The van der Waals surface area contributed by atoms with Crippen molar-refractivity contribution in [1.29, 1.82) is 0 Å². The molecule has 0 aliphatic carbocycles. The van der Waals surface area contributed by atoms with Crippen LogP contribution >= 0.6 is 0 Å². The van der Waals surface area contributed by atoms with E-state index < -0.39 is 23.5 Å². The lowest BCUT2D eigenvalue weighted by atomic mass is 9.97. The number of nitrogens with zero attached hydrogens (tertiary/aromatic N) is 1. The van der Waals surface area contributed by atoms with Crippen LogP contribution < -0.4 is 16.2 Å². The van der Waals surface area contributed by atoms with E-state index >= 15 is 0 Å². The van der Waals surface area contributed by atoms with E-state index in [0.717, 1.165) is 0 Å². The molecule has 1 heterocycles. The number of aromatic nitrogens is 2. The maximum absolute atomic E-state index is 13.1. The summed E-state index contributed by atoms with van der Waals surface area (Å²) in [4.78, 5) is 24.1. The first kappa shape index (κ1) is 28.7. The minimum absolute atomic E-state index is 0.0923. The smallest absolute Gasteiger partial charge is 0.368 e. The predicted molar refractivity (Wildman–Crippen MR) is 139 cm³/mol. The number of H-pyrrole nitrogens is 1. The van der Waals surface area contributed by atoms with E-state index in [1.807, 2.05) is 0 Å². The van der Waals surface area contributed by atoms with Crippen LogP contribution in [-0.4, -0.2) is 29.2 Å². The van der Waals surface area contributed by atoms with Crippen LogP contribution in [0.5, 0.6) is 0 Å². The molecule has 0 fully saturated rings. The van der Waals surface area contributed by atoms with Crippen molar-refractivity contribution in [3.63, 3.8) is 0 Å². The quantitative estimate of drug-likeness (QED) is 0.168. The molecular formula is C28H24F6N4O2. The maximum atomic E-state index is 13.1. The molecule has 0 saturated heterocycles. The highest BCUT2D eigenvalue weighted by Crippen LogP contribution is 2.38. The Hall–Kier alpha value is -4.35. The van der Waals surface area contributed by atoms with Crippen LogP contribution in [0, 0.1) is 0 Å². The Morgan fingerprint density at radius 2 is 1.43 bits per heavy atom. The number of alkyl halides is 6. The third-order valence-corrected chi connectivity index (χ3v) is 6.18. The number of halogens is 6. The van der Waals surface area contributed by atoms with E-state index in [1.54, 1.807) is 36.4 Å². The molecule has 210 valence electrons. The number of hydrogen-bond donors (Lipinski definition) is 3. The molecule has 0 saturated carbocycles. The average Bonchev–Trinajstić information content (AvgIpc) is 2.92. The highest BCUT2D eigenvalue weighted by molar-refractivity contribution is 5.90. The van der Waals surface area contributed by atoms with Gasteiger partial charge in [-0.15, -0.1) is 0 Å². The SMILES string of the molecule is O=C(CCc1ccc(-c2cc(C(F)(F)F)cc(C(F)(F)F)c2)cc1)NCCCNc1n[nH]c(=O)c2ccccc12. The number of anilines is 1. The molecule has 12 heteroatoms. The number of aryl methyl sites for hydroxylation is 1. The molecule has 3 N–H and O–H groups in total. The van der Waals surface area contributed by atoms with Gasteiger partial charge in [0.15, 0.2) is 5.82 Å². The number of hydrogen-bond acceptors (Lipinski definition) is 4. The minimum atomic E-state index is -4.92. The summed E-state index contributed by atoms with van der Waals surface area (Å²) in [6.45, 7) is 0.888. The fourth-order valence-corrected chi connectivity index (χ4v) is 4.10. The third-order valence-electron chi connectivity index (χ3n) is 6.18. The molecule has 4 rings (SSSR count). The van der Waals surface area contributed by atoms with Crippen LogP contribution in [0.4, 0.5) is 32.2 Å². The number of nitrogens with one attached hydrogen (secondary N) is 3. The molecule has 0 atom stereocenters. The zero-order valence-electron chi connectivity index (χ0n) is 20.9. The number of benzene rings is 3. The first-order chi connectivity index (χ1) is 18.9. The van der Waals surface area contributed by atoms with Crippen LogP contribution in [0.2, 0.25) is 0 Å². The van der Waals surface area contributed by atoms with Gasteiger partial charge in [-0.1, -0.05) is 42.5 Å². The molecule has 0 radical (unpaired) electrons. The normalized spacial score (nSPS) is 11.9. The van der Waals surface area contributed by atoms with Gasteiger partial charge in [-0.3, -0.25) is 9.59 Å². The summed E-state index contributed by atoms with van der Waals surface area (Å²) >= 11 is 0. The van der Waals surface area contributed by atoms with Gasteiger partial charge in [-0.05, 0) is 53.8 Å². The van der Waals surface area contributed by atoms with Crippen molar-refractivity contribution in [2.45, 2.75) is 31.6 Å². The molecule has 0 aliphatic rings. The van der Waals surface area contributed by atoms with Crippen LogP contribution in [-0.2, 0) is 23.6 Å². The zero-order valence-corrected chi connectivity index (χ0v) is 20.9. The zero-order chi connectivity index (χ0) is 28.9. The molecule has 3 aromatic carbocycles. The molecule has 4 aromatic rings. The van der Waals surface area contributed by atoms with E-state index in [4.69, 9.17) is 0 Å². The summed E-state index contributed by atoms with van der Waals surface area (Å²) in [7, 11) is 0.